The van der Waals surface area contributed by atoms with Crippen LogP contribution in [0.3, 0.4) is 0 Å². The first kappa shape index (κ1) is 14.3. The summed E-state index contributed by atoms with van der Waals surface area (Å²) >= 11 is 0. The van der Waals surface area contributed by atoms with E-state index in [0.717, 1.165) is 6.07 Å². The first-order valence-corrected chi connectivity index (χ1v) is 7.49. The Bertz CT molecular complexity index is 729. The Balaban J connectivity index is 2.41. The minimum Gasteiger partial charge on any atom is -0.496 e. The van der Waals surface area contributed by atoms with Crippen molar-refractivity contribution in [3.63, 3.8) is 0 Å². The molecule has 0 saturated carbocycles. The zero-order chi connectivity index (χ0) is 14.8. The summed E-state index contributed by atoms with van der Waals surface area (Å²) in [5, 5.41) is 0. The highest BCUT2D eigenvalue weighted by Gasteiger charge is 2.21. The van der Waals surface area contributed by atoms with E-state index in [1.807, 2.05) is 0 Å². The second-order valence-corrected chi connectivity index (χ2v) is 6.22. The summed E-state index contributed by atoms with van der Waals surface area (Å²) in [7, 11) is -2.35. The van der Waals surface area contributed by atoms with E-state index in [1.54, 1.807) is 24.3 Å². The number of rotatable bonds is 4. The van der Waals surface area contributed by atoms with E-state index in [-0.39, 0.29) is 16.3 Å². The van der Waals surface area contributed by atoms with Gasteiger partial charge in [-0.1, -0.05) is 18.2 Å². The summed E-state index contributed by atoms with van der Waals surface area (Å²) in [6, 6.07) is 10.3. The highest BCUT2D eigenvalue weighted by molar-refractivity contribution is 7.90. The van der Waals surface area contributed by atoms with Crippen LogP contribution < -0.4 is 10.5 Å². The molecule has 20 heavy (non-hydrogen) atoms. The van der Waals surface area contributed by atoms with Gasteiger partial charge in [0.2, 0.25) is 0 Å². The van der Waals surface area contributed by atoms with Crippen molar-refractivity contribution in [2.24, 2.45) is 0 Å². The Morgan fingerprint density at radius 2 is 1.90 bits per heavy atom. The molecule has 2 rings (SSSR count). The number of anilines is 1. The Labute approximate surface area is 116 Å². The zero-order valence-electron chi connectivity index (χ0n) is 10.8. The fraction of sp³-hybridized carbons (Fsp3) is 0.143. The smallest absolute Gasteiger partial charge is 0.185 e. The lowest BCUT2D eigenvalue weighted by Crippen LogP contribution is -2.08. The number of benzene rings is 2. The van der Waals surface area contributed by atoms with Crippen molar-refractivity contribution in [1.29, 1.82) is 0 Å². The largest absolute Gasteiger partial charge is 0.496 e. The van der Waals surface area contributed by atoms with Crippen molar-refractivity contribution in [2.75, 3.05) is 12.8 Å². The number of sulfone groups is 1. The van der Waals surface area contributed by atoms with E-state index in [2.05, 4.69) is 0 Å². The fourth-order valence-corrected chi connectivity index (χ4v) is 3.31. The highest BCUT2D eigenvalue weighted by Crippen LogP contribution is 2.25. The molecule has 0 amide bonds. The molecular formula is C14H14FNO3S. The number of para-hydroxylation sites is 1. The Hall–Kier alpha value is -2.08. The van der Waals surface area contributed by atoms with Gasteiger partial charge in [0.25, 0.3) is 0 Å². The van der Waals surface area contributed by atoms with Crippen LogP contribution in [-0.4, -0.2) is 15.5 Å². The third-order valence-electron chi connectivity index (χ3n) is 2.83. The SMILES string of the molecule is COc1ccccc1CS(=O)(=O)c1ccc(N)cc1F. The number of nitrogens with two attached hydrogens (primary N) is 1. The predicted molar refractivity (Wildman–Crippen MR) is 74.7 cm³/mol. The number of hydrogen-bond donors (Lipinski definition) is 1. The third kappa shape index (κ3) is 2.91. The molecule has 2 N–H and O–H groups in total. The first-order chi connectivity index (χ1) is 9.44. The summed E-state index contributed by atoms with van der Waals surface area (Å²) in [5.74, 6) is -0.732. The number of ether oxygens (including phenoxy) is 1. The monoisotopic (exact) mass is 295 g/mol. The second-order valence-electron chi connectivity index (χ2n) is 4.26. The molecule has 0 radical (unpaired) electrons. The van der Waals surface area contributed by atoms with Crippen LogP contribution in [0.2, 0.25) is 0 Å². The van der Waals surface area contributed by atoms with Crippen molar-refractivity contribution >= 4 is 15.5 Å². The van der Waals surface area contributed by atoms with Gasteiger partial charge >= 0.3 is 0 Å². The van der Waals surface area contributed by atoms with Crippen LogP contribution in [0.5, 0.6) is 5.75 Å². The van der Waals surface area contributed by atoms with Gasteiger partial charge in [0, 0.05) is 11.3 Å². The number of methoxy groups -OCH3 is 1. The fourth-order valence-electron chi connectivity index (χ4n) is 1.87. The lowest BCUT2D eigenvalue weighted by atomic mass is 10.2. The summed E-state index contributed by atoms with van der Waals surface area (Å²) in [6.07, 6.45) is 0. The Morgan fingerprint density at radius 3 is 2.55 bits per heavy atom. The van der Waals surface area contributed by atoms with Crippen LogP contribution in [-0.2, 0) is 15.6 Å². The Kier molecular flexibility index (Phi) is 3.94. The molecule has 0 saturated heterocycles. The van der Waals surface area contributed by atoms with Crippen molar-refractivity contribution in [1.82, 2.24) is 0 Å². The van der Waals surface area contributed by atoms with E-state index in [0.29, 0.717) is 11.3 Å². The van der Waals surface area contributed by atoms with Crippen molar-refractivity contribution in [3.8, 4) is 5.75 Å². The van der Waals surface area contributed by atoms with Crippen LogP contribution in [0, 0.1) is 5.82 Å². The zero-order valence-corrected chi connectivity index (χ0v) is 11.7. The number of hydrogen-bond acceptors (Lipinski definition) is 4. The van der Waals surface area contributed by atoms with Crippen LogP contribution in [0.25, 0.3) is 0 Å². The summed E-state index contributed by atoms with van der Waals surface area (Å²) in [4.78, 5) is -0.363. The minimum absolute atomic E-state index is 0.179. The molecule has 106 valence electrons. The summed E-state index contributed by atoms with van der Waals surface area (Å²) in [6.45, 7) is 0. The van der Waals surface area contributed by atoms with Crippen molar-refractivity contribution in [2.45, 2.75) is 10.6 Å². The molecule has 0 aliphatic heterocycles. The third-order valence-corrected chi connectivity index (χ3v) is 4.52. The van der Waals surface area contributed by atoms with Gasteiger partial charge in [-0.05, 0) is 24.3 Å². The van der Waals surface area contributed by atoms with Crippen molar-refractivity contribution < 1.29 is 17.5 Å². The normalized spacial score (nSPS) is 11.3. The molecule has 0 fully saturated rings. The van der Waals surface area contributed by atoms with Crippen molar-refractivity contribution in [3.05, 3.63) is 53.8 Å². The molecule has 0 unspecified atom stereocenters. The van der Waals surface area contributed by atoms with Gasteiger partial charge in [0.05, 0.1) is 12.9 Å². The maximum absolute atomic E-state index is 13.7. The summed E-state index contributed by atoms with van der Waals surface area (Å²) in [5.41, 5.74) is 6.07. The Morgan fingerprint density at radius 1 is 1.20 bits per heavy atom. The van der Waals surface area contributed by atoms with Crippen LogP contribution >= 0.6 is 0 Å². The molecule has 2 aromatic carbocycles. The molecule has 0 heterocycles. The van der Waals surface area contributed by atoms with Gasteiger partial charge in [-0.2, -0.15) is 0 Å². The van der Waals surface area contributed by atoms with Gasteiger partial charge < -0.3 is 10.5 Å². The molecule has 4 nitrogen and oxygen atoms in total. The molecule has 0 aliphatic rings. The molecule has 0 bridgehead atoms. The molecule has 2 aromatic rings. The van der Waals surface area contributed by atoms with Gasteiger partial charge in [0.1, 0.15) is 16.5 Å². The standard InChI is InChI=1S/C14H14FNO3S/c1-19-13-5-3-2-4-10(13)9-20(17,18)14-7-6-11(16)8-12(14)15/h2-8H,9,16H2,1H3. The highest BCUT2D eigenvalue weighted by atomic mass is 32.2. The molecule has 0 atom stereocenters. The van der Waals surface area contributed by atoms with E-state index in [9.17, 15) is 12.8 Å². The van der Waals surface area contributed by atoms with E-state index < -0.39 is 15.7 Å². The van der Waals surface area contributed by atoms with Gasteiger partial charge in [-0.3, -0.25) is 0 Å². The van der Waals surface area contributed by atoms with Crippen LogP contribution in [0.15, 0.2) is 47.4 Å². The molecule has 0 aliphatic carbocycles. The summed E-state index contributed by atoms with van der Waals surface area (Å²) < 4.78 is 43.4. The average molecular weight is 295 g/mol. The molecule has 0 aromatic heterocycles. The maximum Gasteiger partial charge on any atom is 0.185 e. The number of nitrogen functional groups attached to an aromatic ring is 1. The quantitative estimate of drug-likeness (QED) is 0.879. The van der Waals surface area contributed by atoms with Gasteiger partial charge in [-0.15, -0.1) is 0 Å². The second kappa shape index (κ2) is 5.50. The van der Waals surface area contributed by atoms with E-state index >= 15 is 0 Å². The predicted octanol–water partition coefficient (Wildman–Crippen LogP) is 2.39. The number of halogens is 1. The lowest BCUT2D eigenvalue weighted by Gasteiger charge is -2.10. The van der Waals surface area contributed by atoms with E-state index in [4.69, 9.17) is 10.5 Å². The molecule has 6 heteroatoms. The van der Waals surface area contributed by atoms with Crippen LogP contribution in [0.4, 0.5) is 10.1 Å². The van der Waals surface area contributed by atoms with Crippen LogP contribution in [0.1, 0.15) is 5.56 Å². The maximum atomic E-state index is 13.7. The molecule has 0 spiro atoms. The van der Waals surface area contributed by atoms with E-state index in [1.165, 1.54) is 19.2 Å². The minimum atomic E-state index is -3.80. The lowest BCUT2D eigenvalue weighted by molar-refractivity contribution is 0.411. The first-order valence-electron chi connectivity index (χ1n) is 5.84. The van der Waals surface area contributed by atoms with Gasteiger partial charge in [-0.25, -0.2) is 12.8 Å². The molecular weight excluding hydrogens is 281 g/mol. The van der Waals surface area contributed by atoms with Gasteiger partial charge in [0.15, 0.2) is 9.84 Å². The topological polar surface area (TPSA) is 69.4 Å². The average Bonchev–Trinajstić information content (AvgIpc) is 2.38.